The number of nitrogens with zero attached hydrogens (tertiary/aromatic N) is 7. The van der Waals surface area contributed by atoms with E-state index in [1.54, 1.807) is 6.07 Å². The molecule has 0 amide bonds. The number of aromatic nitrogens is 7. The van der Waals surface area contributed by atoms with Gasteiger partial charge in [0.2, 0.25) is 10.1 Å². The van der Waals surface area contributed by atoms with Gasteiger partial charge in [-0.05, 0) is 36.0 Å². The maximum absolute atomic E-state index is 13.0. The molecule has 0 aliphatic rings. The van der Waals surface area contributed by atoms with Crippen molar-refractivity contribution in [1.82, 2.24) is 34.4 Å². The lowest BCUT2D eigenvalue weighted by Gasteiger charge is -2.04. The Hall–Kier alpha value is -2.73. The van der Waals surface area contributed by atoms with Gasteiger partial charge in [0, 0.05) is 0 Å². The van der Waals surface area contributed by atoms with Crippen molar-refractivity contribution < 1.29 is 13.2 Å². The Morgan fingerprint density at radius 1 is 0.962 bits per heavy atom. The average molecular weight is 393 g/mol. The van der Waals surface area contributed by atoms with E-state index in [1.165, 1.54) is 17.4 Å². The maximum Gasteiger partial charge on any atom is 0.453 e. The third-order valence-electron chi connectivity index (χ3n) is 3.60. The standard InChI is InChI=1S/C14H6F3N7S2/c15-14(16,17)11-19-18-9-5-6-10(22-24(9)11)26-13-21-20-12-23(13)7-3-1-2-4-8(7)25-12/h1-6H. The Morgan fingerprint density at radius 3 is 2.65 bits per heavy atom. The van der Waals surface area contributed by atoms with Gasteiger partial charge in [0.15, 0.2) is 5.65 Å². The summed E-state index contributed by atoms with van der Waals surface area (Å²) in [5.74, 6) is -1.16. The van der Waals surface area contributed by atoms with Gasteiger partial charge in [-0.3, -0.25) is 4.40 Å². The highest BCUT2D eigenvalue weighted by atomic mass is 32.2. The van der Waals surface area contributed by atoms with Crippen LogP contribution >= 0.6 is 23.1 Å². The van der Waals surface area contributed by atoms with Crippen LogP contribution in [0.15, 0.2) is 46.6 Å². The lowest BCUT2D eigenvalue weighted by molar-refractivity contribution is -0.146. The molecule has 0 saturated carbocycles. The Balaban J connectivity index is 1.62. The molecule has 0 spiro atoms. The van der Waals surface area contributed by atoms with Crippen molar-refractivity contribution in [3.05, 3.63) is 42.2 Å². The molecule has 0 fully saturated rings. The third-order valence-corrected chi connectivity index (χ3v) is 5.48. The van der Waals surface area contributed by atoms with Crippen LogP contribution in [0.25, 0.3) is 20.8 Å². The molecule has 0 atom stereocenters. The maximum atomic E-state index is 13.0. The highest BCUT2D eigenvalue weighted by Gasteiger charge is 2.37. The zero-order valence-corrected chi connectivity index (χ0v) is 14.2. The summed E-state index contributed by atoms with van der Waals surface area (Å²) < 4.78 is 42.6. The van der Waals surface area contributed by atoms with Gasteiger partial charge >= 0.3 is 6.18 Å². The van der Waals surface area contributed by atoms with Crippen LogP contribution in [0, 0.1) is 0 Å². The molecule has 4 aromatic heterocycles. The van der Waals surface area contributed by atoms with Crippen LogP contribution in [-0.4, -0.2) is 34.4 Å². The van der Waals surface area contributed by atoms with Crippen molar-refractivity contribution in [3.63, 3.8) is 0 Å². The molecule has 5 rings (SSSR count). The van der Waals surface area contributed by atoms with Gasteiger partial charge in [-0.25, -0.2) is 0 Å². The quantitative estimate of drug-likeness (QED) is 0.457. The van der Waals surface area contributed by atoms with Crippen molar-refractivity contribution in [2.24, 2.45) is 0 Å². The smallest absolute Gasteiger partial charge is 0.260 e. The summed E-state index contributed by atoms with van der Waals surface area (Å²) in [6.45, 7) is 0. The van der Waals surface area contributed by atoms with Crippen LogP contribution in [0.3, 0.4) is 0 Å². The van der Waals surface area contributed by atoms with Gasteiger partial charge < -0.3 is 0 Å². The Labute approximate surface area is 150 Å². The van der Waals surface area contributed by atoms with E-state index in [1.807, 2.05) is 28.7 Å². The molecule has 0 bridgehead atoms. The molecule has 0 saturated heterocycles. The molecule has 1 aromatic carbocycles. The number of rotatable bonds is 2. The SMILES string of the molecule is FC(F)(F)c1nnc2ccc(Sc3nnc4sc5ccccc5n34)nn12. The first-order chi connectivity index (χ1) is 12.5. The normalized spacial score (nSPS) is 12.6. The molecule has 0 aliphatic carbocycles. The molecule has 130 valence electrons. The molecular formula is C14H6F3N7S2. The zero-order chi connectivity index (χ0) is 17.9. The van der Waals surface area contributed by atoms with Crippen LogP contribution in [0.1, 0.15) is 5.82 Å². The lowest BCUT2D eigenvalue weighted by Crippen LogP contribution is -2.12. The van der Waals surface area contributed by atoms with Crippen molar-refractivity contribution in [1.29, 1.82) is 0 Å². The van der Waals surface area contributed by atoms with Gasteiger partial charge in [0.05, 0.1) is 10.2 Å². The summed E-state index contributed by atoms with van der Waals surface area (Å²) in [6, 6.07) is 10.7. The monoisotopic (exact) mass is 393 g/mol. The number of fused-ring (bicyclic) bond motifs is 4. The van der Waals surface area contributed by atoms with Crippen molar-refractivity contribution in [2.75, 3.05) is 0 Å². The average Bonchev–Trinajstić information content (AvgIpc) is 3.28. The first kappa shape index (κ1) is 15.5. The fourth-order valence-corrected chi connectivity index (χ4v) is 4.34. The molecule has 7 nitrogen and oxygen atoms in total. The van der Waals surface area contributed by atoms with Crippen LogP contribution in [-0.2, 0) is 6.18 Å². The van der Waals surface area contributed by atoms with Gasteiger partial charge in [-0.15, -0.1) is 20.4 Å². The van der Waals surface area contributed by atoms with E-state index in [4.69, 9.17) is 0 Å². The Morgan fingerprint density at radius 2 is 1.81 bits per heavy atom. The third kappa shape index (κ3) is 2.33. The van der Waals surface area contributed by atoms with Crippen LogP contribution in [0.5, 0.6) is 0 Å². The van der Waals surface area contributed by atoms with Gasteiger partial charge in [-0.1, -0.05) is 23.5 Å². The van der Waals surface area contributed by atoms with E-state index in [-0.39, 0.29) is 5.65 Å². The fraction of sp³-hybridized carbons (Fsp3) is 0.0714. The minimum atomic E-state index is -4.64. The summed E-state index contributed by atoms with van der Waals surface area (Å²) in [7, 11) is 0. The first-order valence-electron chi connectivity index (χ1n) is 7.21. The molecule has 0 radical (unpaired) electrons. The van der Waals surface area contributed by atoms with Crippen LogP contribution in [0.2, 0.25) is 0 Å². The van der Waals surface area contributed by atoms with Gasteiger partial charge in [-0.2, -0.15) is 22.8 Å². The summed E-state index contributed by atoms with van der Waals surface area (Å²) in [4.78, 5) is 0.704. The molecule has 4 heterocycles. The summed E-state index contributed by atoms with van der Waals surface area (Å²) in [5.41, 5.74) is 0.954. The number of benzene rings is 1. The van der Waals surface area contributed by atoms with Crippen molar-refractivity contribution in [3.8, 4) is 0 Å². The van der Waals surface area contributed by atoms with Crippen molar-refractivity contribution >= 4 is 43.9 Å². The predicted molar refractivity (Wildman–Crippen MR) is 88.3 cm³/mol. The number of thiazole rings is 1. The largest absolute Gasteiger partial charge is 0.453 e. The molecule has 0 aliphatic heterocycles. The fourth-order valence-electron chi connectivity index (χ4n) is 2.52. The van der Waals surface area contributed by atoms with E-state index >= 15 is 0 Å². The van der Waals surface area contributed by atoms with Crippen LogP contribution < -0.4 is 0 Å². The molecule has 12 heteroatoms. The van der Waals surface area contributed by atoms with E-state index in [0.29, 0.717) is 19.7 Å². The van der Waals surface area contributed by atoms with Crippen LogP contribution in [0.4, 0.5) is 13.2 Å². The second-order valence-corrected chi connectivity index (χ2v) is 7.23. The first-order valence-corrected chi connectivity index (χ1v) is 8.84. The van der Waals surface area contributed by atoms with E-state index in [9.17, 15) is 13.2 Å². The number of halogens is 3. The Bertz CT molecular complexity index is 1270. The Kier molecular flexibility index (Phi) is 3.21. The summed E-state index contributed by atoms with van der Waals surface area (Å²) in [5, 5.41) is 19.8. The minimum absolute atomic E-state index is 0.0223. The number of hydrogen-bond acceptors (Lipinski definition) is 7. The lowest BCUT2D eigenvalue weighted by atomic mass is 10.3. The van der Waals surface area contributed by atoms with Crippen molar-refractivity contribution in [2.45, 2.75) is 16.4 Å². The second-order valence-electron chi connectivity index (χ2n) is 5.24. The van der Waals surface area contributed by atoms with Gasteiger partial charge in [0.25, 0.3) is 5.82 Å². The predicted octanol–water partition coefficient (Wildman–Crippen LogP) is 3.55. The van der Waals surface area contributed by atoms with E-state index in [0.717, 1.165) is 22.0 Å². The van der Waals surface area contributed by atoms with E-state index in [2.05, 4.69) is 25.5 Å². The zero-order valence-electron chi connectivity index (χ0n) is 12.5. The molecule has 0 N–H and O–H groups in total. The molecule has 26 heavy (non-hydrogen) atoms. The minimum Gasteiger partial charge on any atom is -0.260 e. The highest BCUT2D eigenvalue weighted by molar-refractivity contribution is 7.99. The highest BCUT2D eigenvalue weighted by Crippen LogP contribution is 2.33. The molecule has 0 unspecified atom stereocenters. The van der Waals surface area contributed by atoms with E-state index < -0.39 is 12.0 Å². The van der Waals surface area contributed by atoms with Gasteiger partial charge in [0.1, 0.15) is 5.03 Å². The second kappa shape index (κ2) is 5.38. The summed E-state index contributed by atoms with van der Waals surface area (Å²) in [6.07, 6.45) is -4.64. The molecular weight excluding hydrogens is 387 g/mol. The number of hydrogen-bond donors (Lipinski definition) is 0. The summed E-state index contributed by atoms with van der Waals surface area (Å²) >= 11 is 2.61. The molecule has 5 aromatic rings. The number of para-hydroxylation sites is 1. The number of alkyl halides is 3. The topological polar surface area (TPSA) is 73.3 Å².